The highest BCUT2D eigenvalue weighted by Crippen LogP contribution is 2.14. The quantitative estimate of drug-likeness (QED) is 0.590. The van der Waals surface area contributed by atoms with E-state index in [0.29, 0.717) is 11.2 Å². The van der Waals surface area contributed by atoms with E-state index in [-0.39, 0.29) is 18.1 Å². The molecule has 6 nitrogen and oxygen atoms in total. The van der Waals surface area contributed by atoms with Gasteiger partial charge < -0.3 is 20.6 Å². The molecule has 0 fully saturated rings. The minimum absolute atomic E-state index is 0.0966. The van der Waals surface area contributed by atoms with Gasteiger partial charge in [0.05, 0.1) is 17.6 Å². The number of carbonyl (C=O) groups is 1. The number of rotatable bonds is 5. The molecule has 0 unspecified atom stereocenters. The third-order valence-electron chi connectivity index (χ3n) is 2.51. The number of hydrogen-bond donors (Lipinski definition) is 4. The van der Waals surface area contributed by atoms with Gasteiger partial charge >= 0.3 is 5.69 Å². The van der Waals surface area contributed by atoms with E-state index < -0.39 is 0 Å². The van der Waals surface area contributed by atoms with Crippen LogP contribution in [0.5, 0.6) is 0 Å². The van der Waals surface area contributed by atoms with Gasteiger partial charge in [0.25, 0.3) is 0 Å². The largest absolute Gasteiger partial charge is 0.325 e. The maximum absolute atomic E-state index is 11.6. The van der Waals surface area contributed by atoms with Crippen LogP contribution in [0.4, 0.5) is 5.69 Å². The van der Waals surface area contributed by atoms with Crippen molar-refractivity contribution in [3.8, 4) is 0 Å². The SMILES string of the molecule is CCCNCC(=O)Nc1ccc2[nH]c(=O)[nH]c2c1. The van der Waals surface area contributed by atoms with E-state index in [1.54, 1.807) is 18.2 Å². The van der Waals surface area contributed by atoms with E-state index in [0.717, 1.165) is 18.5 Å². The fourth-order valence-corrected chi connectivity index (χ4v) is 1.69. The number of aromatic nitrogens is 2. The Balaban J connectivity index is 2.02. The molecule has 0 atom stereocenters. The summed E-state index contributed by atoms with van der Waals surface area (Å²) < 4.78 is 0. The molecule has 1 amide bonds. The molecule has 96 valence electrons. The highest BCUT2D eigenvalue weighted by Gasteiger charge is 2.03. The zero-order valence-electron chi connectivity index (χ0n) is 10.2. The lowest BCUT2D eigenvalue weighted by molar-refractivity contribution is -0.115. The molecule has 18 heavy (non-hydrogen) atoms. The highest BCUT2D eigenvalue weighted by molar-refractivity contribution is 5.94. The van der Waals surface area contributed by atoms with Gasteiger partial charge in [0.1, 0.15) is 0 Å². The van der Waals surface area contributed by atoms with Crippen molar-refractivity contribution in [2.75, 3.05) is 18.4 Å². The van der Waals surface area contributed by atoms with Gasteiger partial charge in [-0.15, -0.1) is 0 Å². The Hall–Kier alpha value is -2.08. The molecule has 0 saturated carbocycles. The van der Waals surface area contributed by atoms with Crippen molar-refractivity contribution in [2.45, 2.75) is 13.3 Å². The van der Waals surface area contributed by atoms with E-state index in [1.807, 2.05) is 6.92 Å². The zero-order valence-corrected chi connectivity index (χ0v) is 10.2. The molecule has 0 aliphatic rings. The molecule has 1 aromatic carbocycles. The van der Waals surface area contributed by atoms with E-state index in [4.69, 9.17) is 0 Å². The Bertz CT molecular complexity index is 599. The van der Waals surface area contributed by atoms with Crippen molar-refractivity contribution < 1.29 is 4.79 Å². The summed E-state index contributed by atoms with van der Waals surface area (Å²) in [6.07, 6.45) is 0.990. The van der Waals surface area contributed by atoms with Crippen LogP contribution in [0.3, 0.4) is 0 Å². The Labute approximate surface area is 104 Å². The molecule has 0 aliphatic carbocycles. The van der Waals surface area contributed by atoms with Gasteiger partial charge in [-0.3, -0.25) is 4.79 Å². The first-order valence-electron chi connectivity index (χ1n) is 5.91. The van der Waals surface area contributed by atoms with Crippen LogP contribution in [0.2, 0.25) is 0 Å². The number of anilines is 1. The lowest BCUT2D eigenvalue weighted by Gasteiger charge is -2.05. The number of carbonyl (C=O) groups excluding carboxylic acids is 1. The Morgan fingerprint density at radius 2 is 2.06 bits per heavy atom. The second-order valence-electron chi connectivity index (χ2n) is 4.06. The third kappa shape index (κ3) is 2.98. The zero-order chi connectivity index (χ0) is 13.0. The number of hydrogen-bond acceptors (Lipinski definition) is 3. The third-order valence-corrected chi connectivity index (χ3v) is 2.51. The first-order valence-corrected chi connectivity index (χ1v) is 5.91. The number of imidazole rings is 1. The number of nitrogens with one attached hydrogen (secondary N) is 4. The second kappa shape index (κ2) is 5.50. The van der Waals surface area contributed by atoms with Crippen molar-refractivity contribution >= 4 is 22.6 Å². The molecule has 0 saturated heterocycles. The molecule has 0 spiro atoms. The monoisotopic (exact) mass is 248 g/mol. The maximum atomic E-state index is 11.6. The van der Waals surface area contributed by atoms with Gasteiger partial charge in [0.2, 0.25) is 5.91 Å². The Morgan fingerprint density at radius 3 is 2.83 bits per heavy atom. The molecule has 0 aliphatic heterocycles. The van der Waals surface area contributed by atoms with Crippen molar-refractivity contribution in [3.63, 3.8) is 0 Å². The van der Waals surface area contributed by atoms with Crippen LogP contribution in [0.1, 0.15) is 13.3 Å². The summed E-state index contributed by atoms with van der Waals surface area (Å²) in [4.78, 5) is 28.0. The first kappa shape index (κ1) is 12.4. The smallest absolute Gasteiger partial charge is 0.323 e. The van der Waals surface area contributed by atoms with E-state index >= 15 is 0 Å². The minimum atomic E-state index is -0.252. The Kier molecular flexibility index (Phi) is 3.78. The molecular weight excluding hydrogens is 232 g/mol. The van der Waals surface area contributed by atoms with Gasteiger partial charge in [-0.1, -0.05) is 6.92 Å². The highest BCUT2D eigenvalue weighted by atomic mass is 16.2. The van der Waals surface area contributed by atoms with E-state index in [2.05, 4.69) is 20.6 Å². The fraction of sp³-hybridized carbons (Fsp3) is 0.333. The number of fused-ring (bicyclic) bond motifs is 1. The summed E-state index contributed by atoms with van der Waals surface area (Å²) in [5.41, 5.74) is 1.82. The molecule has 0 bridgehead atoms. The molecular formula is C12H16N4O2. The topological polar surface area (TPSA) is 89.8 Å². The first-order chi connectivity index (χ1) is 8.69. The summed E-state index contributed by atoms with van der Waals surface area (Å²) >= 11 is 0. The van der Waals surface area contributed by atoms with Crippen LogP contribution in [0, 0.1) is 0 Å². The van der Waals surface area contributed by atoms with Crippen LogP contribution in [0.25, 0.3) is 11.0 Å². The lowest BCUT2D eigenvalue weighted by atomic mass is 10.2. The molecule has 4 N–H and O–H groups in total. The van der Waals surface area contributed by atoms with Crippen molar-refractivity contribution in [2.24, 2.45) is 0 Å². The fourth-order valence-electron chi connectivity index (χ4n) is 1.69. The summed E-state index contributed by atoms with van der Waals surface area (Å²) in [6.45, 7) is 3.15. The van der Waals surface area contributed by atoms with Crippen LogP contribution in [-0.4, -0.2) is 29.0 Å². The predicted octanol–water partition coefficient (Wildman–Crippen LogP) is 0.794. The number of aromatic amines is 2. The van der Waals surface area contributed by atoms with E-state index in [1.165, 1.54) is 0 Å². The number of H-pyrrole nitrogens is 2. The predicted molar refractivity (Wildman–Crippen MR) is 70.7 cm³/mol. The molecule has 1 aromatic heterocycles. The van der Waals surface area contributed by atoms with Gasteiger partial charge in [0.15, 0.2) is 0 Å². The molecule has 2 aromatic rings. The summed E-state index contributed by atoms with van der Waals surface area (Å²) in [5, 5.41) is 5.79. The lowest BCUT2D eigenvalue weighted by Crippen LogP contribution is -2.28. The van der Waals surface area contributed by atoms with Gasteiger partial charge in [-0.25, -0.2) is 4.79 Å². The molecule has 1 heterocycles. The second-order valence-corrected chi connectivity index (χ2v) is 4.06. The van der Waals surface area contributed by atoms with Crippen molar-refractivity contribution in [1.82, 2.24) is 15.3 Å². The van der Waals surface area contributed by atoms with Gasteiger partial charge in [0, 0.05) is 5.69 Å². The van der Waals surface area contributed by atoms with Crippen LogP contribution >= 0.6 is 0 Å². The van der Waals surface area contributed by atoms with Gasteiger partial charge in [-0.05, 0) is 31.2 Å². The average molecular weight is 248 g/mol. The van der Waals surface area contributed by atoms with E-state index in [9.17, 15) is 9.59 Å². The number of benzene rings is 1. The maximum Gasteiger partial charge on any atom is 0.323 e. The number of amides is 1. The molecule has 0 radical (unpaired) electrons. The summed E-state index contributed by atoms with van der Waals surface area (Å²) in [6, 6.07) is 5.23. The van der Waals surface area contributed by atoms with Crippen LogP contribution < -0.4 is 16.3 Å². The normalized spacial score (nSPS) is 10.7. The van der Waals surface area contributed by atoms with Crippen molar-refractivity contribution in [3.05, 3.63) is 28.7 Å². The van der Waals surface area contributed by atoms with Crippen molar-refractivity contribution in [1.29, 1.82) is 0 Å². The standard InChI is InChI=1S/C12H16N4O2/c1-2-5-13-7-11(17)14-8-3-4-9-10(6-8)16-12(18)15-9/h3-4,6,13H,2,5,7H2,1H3,(H,14,17)(H2,15,16,18). The van der Waals surface area contributed by atoms with Gasteiger partial charge in [-0.2, -0.15) is 0 Å². The summed E-state index contributed by atoms with van der Waals surface area (Å²) in [5.74, 6) is -0.0966. The molecule has 6 heteroatoms. The minimum Gasteiger partial charge on any atom is -0.325 e. The average Bonchev–Trinajstić information content (AvgIpc) is 2.69. The van der Waals surface area contributed by atoms with Crippen LogP contribution in [-0.2, 0) is 4.79 Å². The molecule has 2 rings (SSSR count). The Morgan fingerprint density at radius 1 is 1.28 bits per heavy atom. The summed E-state index contributed by atoms with van der Waals surface area (Å²) in [7, 11) is 0. The van der Waals surface area contributed by atoms with Crippen LogP contribution in [0.15, 0.2) is 23.0 Å².